The van der Waals surface area contributed by atoms with Crippen molar-refractivity contribution < 1.29 is 18.4 Å². The lowest BCUT2D eigenvalue weighted by molar-refractivity contribution is -0.115. The summed E-state index contributed by atoms with van der Waals surface area (Å²) in [5.41, 5.74) is 1.94. The Morgan fingerprint density at radius 1 is 1.25 bits per heavy atom. The molecule has 3 N–H and O–H groups in total. The minimum absolute atomic E-state index is 0.0865. The molecular formula is C26H23F2N5O3. The Morgan fingerprint density at radius 2 is 2.06 bits per heavy atom. The third kappa shape index (κ3) is 5.07. The van der Waals surface area contributed by atoms with Gasteiger partial charge in [-0.3, -0.25) is 19.0 Å². The maximum Gasteiger partial charge on any atom is 0.266 e. The fourth-order valence-electron chi connectivity index (χ4n) is 3.95. The van der Waals surface area contributed by atoms with Gasteiger partial charge in [0.2, 0.25) is 0 Å². The fourth-order valence-corrected chi connectivity index (χ4v) is 3.95. The first kappa shape index (κ1) is 24.5. The molecule has 10 heteroatoms. The van der Waals surface area contributed by atoms with Crippen LogP contribution >= 0.6 is 0 Å². The summed E-state index contributed by atoms with van der Waals surface area (Å²) in [4.78, 5) is 45.2. The number of amides is 2. The first-order chi connectivity index (χ1) is 17.3. The van der Waals surface area contributed by atoms with E-state index in [1.807, 2.05) is 19.1 Å². The molecule has 1 aromatic carbocycles. The van der Waals surface area contributed by atoms with Crippen molar-refractivity contribution in [3.63, 3.8) is 0 Å². The number of rotatable bonds is 8. The molecule has 0 saturated carbocycles. The van der Waals surface area contributed by atoms with Crippen LogP contribution in [0.5, 0.6) is 0 Å². The summed E-state index contributed by atoms with van der Waals surface area (Å²) >= 11 is 0. The van der Waals surface area contributed by atoms with Crippen molar-refractivity contribution in [2.45, 2.75) is 13.5 Å². The molecule has 0 radical (unpaired) electrons. The van der Waals surface area contributed by atoms with E-state index in [9.17, 15) is 23.2 Å². The molecule has 3 heterocycles. The summed E-state index contributed by atoms with van der Waals surface area (Å²) in [5.74, 6) is -3.25. The number of halogens is 2. The second-order valence-electron chi connectivity index (χ2n) is 8.27. The average molecular weight is 491 g/mol. The molecule has 3 aromatic rings. The van der Waals surface area contributed by atoms with Crippen LogP contribution in [0.4, 0.5) is 8.78 Å². The molecule has 184 valence electrons. The lowest BCUT2D eigenvalue weighted by atomic mass is 9.93. The third-order valence-corrected chi connectivity index (χ3v) is 5.74. The van der Waals surface area contributed by atoms with Gasteiger partial charge in [-0.25, -0.2) is 13.8 Å². The smallest absolute Gasteiger partial charge is 0.266 e. The number of carbonyl (C=O) groups is 2. The summed E-state index contributed by atoms with van der Waals surface area (Å²) in [6.07, 6.45) is 7.37. The van der Waals surface area contributed by atoms with Crippen molar-refractivity contribution in [1.82, 2.24) is 25.2 Å². The zero-order chi connectivity index (χ0) is 25.8. The van der Waals surface area contributed by atoms with Gasteiger partial charge in [0, 0.05) is 41.8 Å². The van der Waals surface area contributed by atoms with Crippen LogP contribution in [0.25, 0.3) is 6.08 Å². The van der Waals surface area contributed by atoms with Gasteiger partial charge in [-0.05, 0) is 47.6 Å². The van der Waals surface area contributed by atoms with E-state index in [-0.39, 0.29) is 30.5 Å². The molecule has 1 aliphatic rings. The lowest BCUT2D eigenvalue weighted by Crippen LogP contribution is -2.35. The maximum atomic E-state index is 13.5. The van der Waals surface area contributed by atoms with Crippen molar-refractivity contribution in [1.29, 1.82) is 0 Å². The van der Waals surface area contributed by atoms with Gasteiger partial charge in [0.25, 0.3) is 17.4 Å². The predicted molar refractivity (Wildman–Crippen MR) is 130 cm³/mol. The van der Waals surface area contributed by atoms with Crippen LogP contribution in [0.3, 0.4) is 0 Å². The second-order valence-corrected chi connectivity index (χ2v) is 8.27. The van der Waals surface area contributed by atoms with E-state index in [0.717, 1.165) is 28.6 Å². The molecule has 1 aliphatic heterocycles. The standard InChI is InChI=1S/C26H23F2N5O3/c1-3-22-23(18(25(35)32-22)10-17-5-4-8-30-17)15(2)11-31-24(34)19-12-29-14-33(26(19)36)13-16-6-7-20(27)21(28)9-16/h3-10,12,14-15,30H,1,11,13H2,2H3,(H,31,34)(H,32,35)/b18-10-. The maximum absolute atomic E-state index is 13.5. The lowest BCUT2D eigenvalue weighted by Gasteiger charge is -2.16. The Kier molecular flexibility index (Phi) is 7.05. The number of hydrogen-bond acceptors (Lipinski definition) is 4. The largest absolute Gasteiger partial charge is 0.362 e. The molecule has 1 unspecified atom stereocenters. The van der Waals surface area contributed by atoms with Crippen LogP contribution in [0.2, 0.25) is 0 Å². The van der Waals surface area contributed by atoms with E-state index < -0.39 is 23.1 Å². The number of H-pyrrole nitrogens is 1. The van der Waals surface area contributed by atoms with Gasteiger partial charge in [-0.2, -0.15) is 0 Å². The van der Waals surface area contributed by atoms with E-state index >= 15 is 0 Å². The van der Waals surface area contributed by atoms with Gasteiger partial charge in [-0.15, -0.1) is 0 Å². The van der Waals surface area contributed by atoms with Crippen LogP contribution in [-0.2, 0) is 11.3 Å². The van der Waals surface area contributed by atoms with Crippen molar-refractivity contribution in [2.24, 2.45) is 5.92 Å². The molecule has 8 nitrogen and oxygen atoms in total. The number of hydrogen-bond donors (Lipinski definition) is 3. The molecule has 2 amide bonds. The first-order valence-corrected chi connectivity index (χ1v) is 11.1. The van der Waals surface area contributed by atoms with E-state index in [0.29, 0.717) is 22.4 Å². The highest BCUT2D eigenvalue weighted by Gasteiger charge is 2.30. The fraction of sp³-hybridized carbons (Fsp3) is 0.154. The van der Waals surface area contributed by atoms with E-state index in [4.69, 9.17) is 0 Å². The van der Waals surface area contributed by atoms with Crippen molar-refractivity contribution >= 4 is 17.9 Å². The highest BCUT2D eigenvalue weighted by Crippen LogP contribution is 2.30. The van der Waals surface area contributed by atoms with Crippen LogP contribution in [0, 0.1) is 17.6 Å². The van der Waals surface area contributed by atoms with Crippen LogP contribution in [0.15, 0.2) is 83.3 Å². The first-order valence-electron chi connectivity index (χ1n) is 11.1. The van der Waals surface area contributed by atoms with Gasteiger partial charge < -0.3 is 15.6 Å². The number of carbonyl (C=O) groups excluding carboxylic acids is 2. The van der Waals surface area contributed by atoms with Crippen molar-refractivity contribution in [2.75, 3.05) is 6.54 Å². The number of aromatic nitrogens is 3. The van der Waals surface area contributed by atoms with Crippen LogP contribution < -0.4 is 16.2 Å². The number of aromatic amines is 1. The molecule has 0 bridgehead atoms. The summed E-state index contributed by atoms with van der Waals surface area (Å²) in [6, 6.07) is 6.93. The third-order valence-electron chi connectivity index (χ3n) is 5.74. The molecular weight excluding hydrogens is 468 g/mol. The van der Waals surface area contributed by atoms with Gasteiger partial charge >= 0.3 is 0 Å². The predicted octanol–water partition coefficient (Wildman–Crippen LogP) is 2.92. The Labute approximate surface area is 205 Å². The quantitative estimate of drug-likeness (QED) is 0.421. The molecule has 0 spiro atoms. The molecule has 2 aromatic heterocycles. The molecule has 0 fully saturated rings. The topological polar surface area (TPSA) is 109 Å². The number of nitrogens with one attached hydrogen (secondary N) is 3. The van der Waals surface area contributed by atoms with E-state index in [1.54, 1.807) is 18.3 Å². The zero-order valence-electron chi connectivity index (χ0n) is 19.3. The number of nitrogens with zero attached hydrogens (tertiary/aromatic N) is 2. The van der Waals surface area contributed by atoms with E-state index in [2.05, 4.69) is 27.2 Å². The highest BCUT2D eigenvalue weighted by molar-refractivity contribution is 6.07. The molecule has 36 heavy (non-hydrogen) atoms. The zero-order valence-corrected chi connectivity index (χ0v) is 19.3. The molecule has 4 rings (SSSR count). The Morgan fingerprint density at radius 3 is 2.75 bits per heavy atom. The van der Waals surface area contributed by atoms with E-state index in [1.165, 1.54) is 12.4 Å². The van der Waals surface area contributed by atoms with Crippen LogP contribution in [-0.4, -0.2) is 32.9 Å². The van der Waals surface area contributed by atoms with Gasteiger partial charge in [0.1, 0.15) is 5.56 Å². The number of benzene rings is 1. The van der Waals surface area contributed by atoms with Crippen LogP contribution in [0.1, 0.15) is 28.5 Å². The summed E-state index contributed by atoms with van der Waals surface area (Å²) < 4.78 is 27.9. The summed E-state index contributed by atoms with van der Waals surface area (Å²) in [7, 11) is 0. The monoisotopic (exact) mass is 491 g/mol. The minimum atomic E-state index is -1.03. The Hall–Kier alpha value is -4.60. The molecule has 0 aliphatic carbocycles. The van der Waals surface area contributed by atoms with Gasteiger partial charge in [0.15, 0.2) is 11.6 Å². The normalized spacial score (nSPS) is 15.2. The molecule has 0 saturated heterocycles. The minimum Gasteiger partial charge on any atom is -0.362 e. The van der Waals surface area contributed by atoms with Crippen molar-refractivity contribution in [3.05, 3.63) is 117 Å². The summed E-state index contributed by atoms with van der Waals surface area (Å²) in [5, 5.41) is 5.50. The van der Waals surface area contributed by atoms with Crippen molar-refractivity contribution in [3.8, 4) is 0 Å². The Bertz CT molecular complexity index is 1450. The SMILES string of the molecule is C=CC1=C(C(C)CNC(=O)c2cncn(Cc3ccc(F)c(F)c3)c2=O)/C(=C/c2ccc[nH]2)C(=O)N1. The highest BCUT2D eigenvalue weighted by atomic mass is 19.2. The second kappa shape index (κ2) is 10.3. The number of allylic oxidation sites excluding steroid dienone is 1. The molecule has 1 atom stereocenters. The van der Waals surface area contributed by atoms with Gasteiger partial charge in [-0.1, -0.05) is 19.6 Å². The Balaban J connectivity index is 1.50. The summed E-state index contributed by atoms with van der Waals surface area (Å²) in [6.45, 7) is 5.64. The average Bonchev–Trinajstić information content (AvgIpc) is 3.49. The van der Waals surface area contributed by atoms with Gasteiger partial charge in [0.05, 0.1) is 12.9 Å².